The van der Waals surface area contributed by atoms with E-state index < -0.39 is 0 Å². The Hall–Kier alpha value is -0.0800. The molecule has 0 amide bonds. The third-order valence-electron chi connectivity index (χ3n) is 2.22. The van der Waals surface area contributed by atoms with Crippen molar-refractivity contribution < 1.29 is 9.84 Å². The fraction of sp³-hybridized carbons (Fsp3) is 1.00. The minimum Gasteiger partial charge on any atom is -0.390 e. The maximum absolute atomic E-state index is 9.48. The number of hydrogen-bond donors (Lipinski definition) is 1. The van der Waals surface area contributed by atoms with Crippen LogP contribution in [0.2, 0.25) is 0 Å². The molecule has 1 atom stereocenters. The van der Waals surface area contributed by atoms with Gasteiger partial charge in [-0.2, -0.15) is 0 Å². The highest BCUT2D eigenvalue weighted by atomic mass is 16.5. The van der Waals surface area contributed by atoms with Crippen LogP contribution in [0.5, 0.6) is 0 Å². The molecule has 1 saturated carbocycles. The molecular formula is C8H16O2. The third-order valence-corrected chi connectivity index (χ3v) is 2.22. The summed E-state index contributed by atoms with van der Waals surface area (Å²) in [6.07, 6.45) is 4.01. The van der Waals surface area contributed by atoms with Crippen molar-refractivity contribution in [2.75, 3.05) is 7.11 Å². The van der Waals surface area contributed by atoms with E-state index in [0.29, 0.717) is 0 Å². The summed E-state index contributed by atoms with van der Waals surface area (Å²) in [4.78, 5) is 0. The molecule has 0 bridgehead atoms. The molecule has 0 heterocycles. The number of rotatable bonds is 4. The van der Waals surface area contributed by atoms with E-state index >= 15 is 0 Å². The summed E-state index contributed by atoms with van der Waals surface area (Å²) in [5, 5.41) is 9.48. The monoisotopic (exact) mass is 144 g/mol. The van der Waals surface area contributed by atoms with Gasteiger partial charge in [-0.3, -0.25) is 0 Å². The highest BCUT2D eigenvalue weighted by molar-refractivity contribution is 4.94. The molecule has 1 aliphatic carbocycles. The van der Waals surface area contributed by atoms with Crippen LogP contribution in [0.15, 0.2) is 0 Å². The van der Waals surface area contributed by atoms with Gasteiger partial charge in [0.05, 0.1) is 11.7 Å². The smallest absolute Gasteiger partial charge is 0.0674 e. The van der Waals surface area contributed by atoms with E-state index in [-0.39, 0.29) is 11.7 Å². The first-order valence-corrected chi connectivity index (χ1v) is 3.95. The van der Waals surface area contributed by atoms with Crippen LogP contribution in [-0.4, -0.2) is 23.9 Å². The fourth-order valence-corrected chi connectivity index (χ4v) is 1.17. The summed E-state index contributed by atoms with van der Waals surface area (Å²) < 4.78 is 5.16. The summed E-state index contributed by atoms with van der Waals surface area (Å²) in [5.41, 5.74) is -0.351. The predicted molar refractivity (Wildman–Crippen MR) is 39.9 cm³/mol. The molecule has 2 nitrogen and oxygen atoms in total. The number of hydrogen-bond acceptors (Lipinski definition) is 2. The molecule has 0 aromatic carbocycles. The van der Waals surface area contributed by atoms with Crippen molar-refractivity contribution in [1.29, 1.82) is 0 Å². The van der Waals surface area contributed by atoms with Crippen LogP contribution in [0.25, 0.3) is 0 Å². The van der Waals surface area contributed by atoms with E-state index in [4.69, 9.17) is 4.74 Å². The van der Waals surface area contributed by atoms with Crippen molar-refractivity contribution in [1.82, 2.24) is 0 Å². The van der Waals surface area contributed by atoms with Gasteiger partial charge >= 0.3 is 0 Å². The van der Waals surface area contributed by atoms with Gasteiger partial charge in [-0.1, -0.05) is 6.92 Å². The Bertz CT molecular complexity index is 104. The maximum Gasteiger partial charge on any atom is 0.0674 e. The molecule has 0 spiro atoms. The predicted octanol–water partition coefficient (Wildman–Crippen LogP) is 1.33. The summed E-state index contributed by atoms with van der Waals surface area (Å²) >= 11 is 0. The molecule has 1 N–H and O–H groups in total. The van der Waals surface area contributed by atoms with Crippen LogP contribution < -0.4 is 0 Å². The van der Waals surface area contributed by atoms with Crippen molar-refractivity contribution >= 4 is 0 Å². The Morgan fingerprint density at radius 3 is 2.50 bits per heavy atom. The minimum atomic E-state index is -0.351. The SMILES string of the molecule is CCC(CC1(O)CC1)OC. The topological polar surface area (TPSA) is 29.5 Å². The molecule has 0 aromatic heterocycles. The average Bonchev–Trinajstić information content (AvgIpc) is 2.64. The van der Waals surface area contributed by atoms with E-state index in [1.807, 2.05) is 0 Å². The molecule has 60 valence electrons. The Kier molecular flexibility index (Phi) is 2.32. The normalized spacial score (nSPS) is 24.3. The van der Waals surface area contributed by atoms with E-state index in [0.717, 1.165) is 25.7 Å². The maximum atomic E-state index is 9.48. The van der Waals surface area contributed by atoms with Gasteiger partial charge in [-0.15, -0.1) is 0 Å². The summed E-state index contributed by atoms with van der Waals surface area (Å²) in [5.74, 6) is 0. The largest absolute Gasteiger partial charge is 0.390 e. The second kappa shape index (κ2) is 2.89. The van der Waals surface area contributed by atoms with Gasteiger partial charge in [0.15, 0.2) is 0 Å². The summed E-state index contributed by atoms with van der Waals surface area (Å²) in [6.45, 7) is 2.08. The quantitative estimate of drug-likeness (QED) is 0.645. The molecule has 10 heavy (non-hydrogen) atoms. The van der Waals surface area contributed by atoms with Crippen LogP contribution in [0.4, 0.5) is 0 Å². The molecule has 0 saturated heterocycles. The number of ether oxygens (including phenoxy) is 1. The molecule has 2 heteroatoms. The van der Waals surface area contributed by atoms with Crippen LogP contribution >= 0.6 is 0 Å². The fourth-order valence-electron chi connectivity index (χ4n) is 1.17. The minimum absolute atomic E-state index is 0.257. The van der Waals surface area contributed by atoms with Crippen LogP contribution in [-0.2, 0) is 4.74 Å². The molecule has 0 aliphatic heterocycles. The number of methoxy groups -OCH3 is 1. The Balaban J connectivity index is 2.21. The van der Waals surface area contributed by atoms with Crippen molar-refractivity contribution in [3.63, 3.8) is 0 Å². The van der Waals surface area contributed by atoms with Gasteiger partial charge in [0, 0.05) is 13.5 Å². The Morgan fingerprint density at radius 1 is 1.60 bits per heavy atom. The lowest BCUT2D eigenvalue weighted by atomic mass is 10.1. The van der Waals surface area contributed by atoms with Crippen molar-refractivity contribution in [3.05, 3.63) is 0 Å². The lowest BCUT2D eigenvalue weighted by molar-refractivity contribution is 0.0319. The molecule has 1 aliphatic rings. The highest BCUT2D eigenvalue weighted by Gasteiger charge is 2.41. The van der Waals surface area contributed by atoms with Crippen molar-refractivity contribution in [2.24, 2.45) is 0 Å². The lowest BCUT2D eigenvalue weighted by Gasteiger charge is -2.15. The summed E-state index contributed by atoms with van der Waals surface area (Å²) in [6, 6.07) is 0. The second-order valence-electron chi connectivity index (χ2n) is 3.19. The van der Waals surface area contributed by atoms with Crippen molar-refractivity contribution in [3.8, 4) is 0 Å². The van der Waals surface area contributed by atoms with Crippen LogP contribution in [0.1, 0.15) is 32.6 Å². The highest BCUT2D eigenvalue weighted by Crippen LogP contribution is 2.40. The van der Waals surface area contributed by atoms with E-state index in [2.05, 4.69) is 6.92 Å². The molecule has 1 fully saturated rings. The zero-order valence-corrected chi connectivity index (χ0v) is 6.76. The summed E-state index contributed by atoms with van der Waals surface area (Å²) in [7, 11) is 1.71. The first kappa shape index (κ1) is 8.02. The van der Waals surface area contributed by atoms with Gasteiger partial charge in [-0.05, 0) is 19.3 Å². The Labute approximate surface area is 62.2 Å². The van der Waals surface area contributed by atoms with E-state index in [1.165, 1.54) is 0 Å². The Morgan fingerprint density at radius 2 is 2.20 bits per heavy atom. The average molecular weight is 144 g/mol. The molecule has 0 aromatic rings. The third kappa shape index (κ3) is 1.96. The first-order chi connectivity index (χ1) is 4.70. The van der Waals surface area contributed by atoms with Crippen LogP contribution in [0.3, 0.4) is 0 Å². The van der Waals surface area contributed by atoms with Gasteiger partial charge in [0.1, 0.15) is 0 Å². The van der Waals surface area contributed by atoms with Crippen molar-refractivity contribution in [2.45, 2.75) is 44.3 Å². The lowest BCUT2D eigenvalue weighted by Crippen LogP contribution is -2.19. The van der Waals surface area contributed by atoms with Gasteiger partial charge in [-0.25, -0.2) is 0 Å². The van der Waals surface area contributed by atoms with Gasteiger partial charge in [0.25, 0.3) is 0 Å². The molecule has 1 unspecified atom stereocenters. The van der Waals surface area contributed by atoms with Crippen LogP contribution in [0, 0.1) is 0 Å². The van der Waals surface area contributed by atoms with Gasteiger partial charge < -0.3 is 9.84 Å². The van der Waals surface area contributed by atoms with Gasteiger partial charge in [0.2, 0.25) is 0 Å². The zero-order chi connectivity index (χ0) is 7.61. The molecule has 1 rings (SSSR count). The van der Waals surface area contributed by atoms with E-state index in [1.54, 1.807) is 7.11 Å². The van der Waals surface area contributed by atoms with E-state index in [9.17, 15) is 5.11 Å². The second-order valence-corrected chi connectivity index (χ2v) is 3.19. The number of aliphatic hydroxyl groups is 1. The standard InChI is InChI=1S/C8H16O2/c1-3-7(10-2)6-8(9)4-5-8/h7,9H,3-6H2,1-2H3. The first-order valence-electron chi connectivity index (χ1n) is 3.95. The zero-order valence-electron chi connectivity index (χ0n) is 6.76. The molecular weight excluding hydrogens is 128 g/mol. The molecule has 0 radical (unpaired) electrons.